The van der Waals surface area contributed by atoms with E-state index in [2.05, 4.69) is 14.9 Å². The second kappa shape index (κ2) is 4.40. The van der Waals surface area contributed by atoms with E-state index in [4.69, 9.17) is 0 Å². The Labute approximate surface area is 136 Å². The van der Waals surface area contributed by atoms with Gasteiger partial charge in [0.2, 0.25) is 10.0 Å². The van der Waals surface area contributed by atoms with Crippen molar-refractivity contribution >= 4 is 16.1 Å². The van der Waals surface area contributed by atoms with Crippen LogP contribution in [0.1, 0.15) is 32.1 Å². The zero-order valence-electron chi connectivity index (χ0n) is 13.3. The minimum Gasteiger partial charge on any atom is -0.317 e. The van der Waals surface area contributed by atoms with E-state index in [0.29, 0.717) is 12.6 Å². The van der Waals surface area contributed by atoms with Crippen LogP contribution in [0.2, 0.25) is 0 Å². The third kappa shape index (κ3) is 2.01. The summed E-state index contributed by atoms with van der Waals surface area (Å²) in [6.07, 6.45) is 4.51. The smallest absolute Gasteiger partial charge is 0.317 e. The molecule has 0 spiro atoms. The summed E-state index contributed by atoms with van der Waals surface area (Å²) < 4.78 is 26.8. The molecule has 4 saturated carbocycles. The maximum atomic E-state index is 12.6. The van der Waals surface area contributed by atoms with E-state index in [1.807, 2.05) is 4.90 Å². The van der Waals surface area contributed by atoms with Crippen molar-refractivity contribution in [3.05, 3.63) is 0 Å². The van der Waals surface area contributed by atoms with Gasteiger partial charge >= 0.3 is 6.03 Å². The lowest BCUT2D eigenvalue weighted by Gasteiger charge is -2.73. The van der Waals surface area contributed by atoms with Crippen LogP contribution in [0.4, 0.5) is 4.79 Å². The van der Waals surface area contributed by atoms with E-state index >= 15 is 0 Å². The molecule has 0 aromatic heterocycles. The van der Waals surface area contributed by atoms with E-state index < -0.39 is 10.0 Å². The Hall–Kier alpha value is -0.860. The van der Waals surface area contributed by atoms with Crippen LogP contribution in [-0.2, 0) is 10.0 Å². The first-order chi connectivity index (χ1) is 10.9. The Kier molecular flexibility index (Phi) is 2.77. The lowest BCUT2D eigenvalue weighted by Crippen LogP contribution is -2.77. The Morgan fingerprint density at radius 1 is 1.26 bits per heavy atom. The van der Waals surface area contributed by atoms with Crippen molar-refractivity contribution < 1.29 is 13.2 Å². The van der Waals surface area contributed by atoms with Gasteiger partial charge in [0, 0.05) is 38.3 Å². The number of carbonyl (C=O) groups excluding carboxylic acids is 1. The van der Waals surface area contributed by atoms with E-state index in [-0.39, 0.29) is 22.2 Å². The number of amides is 2. The van der Waals surface area contributed by atoms with Gasteiger partial charge in [-0.1, -0.05) is 0 Å². The molecule has 2 N–H and O–H groups in total. The number of carbonyl (C=O) groups is 1. The number of fused-ring (bicyclic) bond motifs is 1. The molecular formula is C15H24N4O3S. The first kappa shape index (κ1) is 14.5. The summed E-state index contributed by atoms with van der Waals surface area (Å²) in [7, 11) is -3.09. The SMILES string of the molecule is O=C1N2CCNC[C@H]2CN1C12CC(CNS(=O)(=O)C3CC3)(C1)C2. The van der Waals surface area contributed by atoms with E-state index in [9.17, 15) is 13.2 Å². The largest absolute Gasteiger partial charge is 0.320 e. The number of hydrogen-bond acceptors (Lipinski definition) is 4. The summed E-state index contributed by atoms with van der Waals surface area (Å²) >= 11 is 0. The Balaban J connectivity index is 1.21. The molecule has 2 amide bonds. The zero-order valence-corrected chi connectivity index (χ0v) is 14.1. The van der Waals surface area contributed by atoms with Gasteiger partial charge in [-0.25, -0.2) is 17.9 Å². The average molecular weight is 340 g/mol. The number of hydrogen-bond donors (Lipinski definition) is 2. The second-order valence-electron chi connectivity index (χ2n) is 8.26. The summed E-state index contributed by atoms with van der Waals surface area (Å²) in [4.78, 5) is 16.7. The lowest BCUT2D eigenvalue weighted by molar-refractivity contribution is -0.194. The fourth-order valence-electron chi connectivity index (χ4n) is 5.18. The van der Waals surface area contributed by atoms with E-state index in [0.717, 1.165) is 58.3 Å². The first-order valence-electron chi connectivity index (χ1n) is 8.71. The maximum Gasteiger partial charge on any atom is 0.320 e. The Morgan fingerprint density at radius 3 is 2.65 bits per heavy atom. The minimum absolute atomic E-state index is 0.0272. The summed E-state index contributed by atoms with van der Waals surface area (Å²) in [5.41, 5.74) is 0.142. The van der Waals surface area contributed by atoms with Gasteiger partial charge in [-0.2, -0.15) is 0 Å². The van der Waals surface area contributed by atoms with Crippen LogP contribution in [-0.4, -0.2) is 73.8 Å². The Bertz CT molecular complexity index is 640. The molecule has 0 aromatic rings. The number of rotatable bonds is 5. The number of piperazine rings is 1. The van der Waals surface area contributed by atoms with Crippen molar-refractivity contribution in [2.45, 2.75) is 48.9 Å². The lowest BCUT2D eigenvalue weighted by atomic mass is 9.39. The quantitative estimate of drug-likeness (QED) is 0.720. The van der Waals surface area contributed by atoms with Crippen LogP contribution in [0.25, 0.3) is 0 Å². The molecule has 0 aromatic carbocycles. The highest BCUT2D eigenvalue weighted by Gasteiger charge is 2.72. The average Bonchev–Trinajstić information content (AvgIpc) is 3.24. The monoisotopic (exact) mass is 340 g/mol. The van der Waals surface area contributed by atoms with Crippen LogP contribution in [0.3, 0.4) is 0 Å². The molecule has 6 aliphatic rings. The normalized spacial score (nSPS) is 42.3. The van der Waals surface area contributed by atoms with Crippen molar-refractivity contribution in [2.24, 2.45) is 5.41 Å². The topological polar surface area (TPSA) is 81.8 Å². The minimum atomic E-state index is -3.09. The molecule has 1 atom stereocenters. The van der Waals surface area contributed by atoms with Crippen LogP contribution >= 0.6 is 0 Å². The van der Waals surface area contributed by atoms with Crippen molar-refractivity contribution in [1.29, 1.82) is 0 Å². The zero-order chi connectivity index (χ0) is 15.9. The number of nitrogens with zero attached hydrogens (tertiary/aromatic N) is 2. The highest BCUT2D eigenvalue weighted by molar-refractivity contribution is 7.90. The number of sulfonamides is 1. The van der Waals surface area contributed by atoms with E-state index in [1.165, 1.54) is 0 Å². The van der Waals surface area contributed by atoms with Gasteiger partial charge in [0.25, 0.3) is 0 Å². The molecule has 6 fully saturated rings. The van der Waals surface area contributed by atoms with Crippen LogP contribution < -0.4 is 10.0 Å². The van der Waals surface area contributed by atoms with Crippen molar-refractivity contribution in [3.63, 3.8) is 0 Å². The molecule has 4 aliphatic carbocycles. The van der Waals surface area contributed by atoms with Gasteiger partial charge in [-0.15, -0.1) is 0 Å². The van der Waals surface area contributed by atoms with Gasteiger partial charge in [-0.05, 0) is 37.5 Å². The summed E-state index contributed by atoms with van der Waals surface area (Å²) in [5.74, 6) is 0. The third-order valence-electron chi connectivity index (χ3n) is 6.52. The molecule has 0 unspecified atom stereocenters. The predicted octanol–water partition coefficient (Wildman–Crippen LogP) is -0.300. The molecule has 128 valence electrons. The molecule has 6 rings (SSSR count). The summed E-state index contributed by atoms with van der Waals surface area (Å²) in [6.45, 7) is 3.98. The molecule has 0 radical (unpaired) electrons. The van der Waals surface area contributed by atoms with Crippen molar-refractivity contribution in [1.82, 2.24) is 19.8 Å². The standard InChI is InChI=1S/C15H24N4O3S/c20-13-18-4-3-16-5-11(18)6-19(13)15-7-14(8-15,9-15)10-17-23(21,22)12-1-2-12/h11-12,16-17H,1-10H2/t11-,14?,15?/m0/s1. The molecule has 8 heteroatoms. The second-order valence-corrected chi connectivity index (χ2v) is 10.3. The fourth-order valence-corrected chi connectivity index (χ4v) is 6.68. The Morgan fingerprint density at radius 2 is 2.00 bits per heavy atom. The van der Waals surface area contributed by atoms with Crippen LogP contribution in [0.5, 0.6) is 0 Å². The van der Waals surface area contributed by atoms with Crippen molar-refractivity contribution in [2.75, 3.05) is 32.7 Å². The summed E-state index contributed by atoms with van der Waals surface area (Å²) in [6, 6.07) is 0.512. The molecule has 2 saturated heterocycles. The van der Waals surface area contributed by atoms with Crippen LogP contribution in [0.15, 0.2) is 0 Å². The number of nitrogens with one attached hydrogen (secondary N) is 2. The molecular weight excluding hydrogens is 316 g/mol. The van der Waals surface area contributed by atoms with Gasteiger partial charge in [-0.3, -0.25) is 0 Å². The molecule has 23 heavy (non-hydrogen) atoms. The molecule has 2 aliphatic heterocycles. The van der Waals surface area contributed by atoms with Gasteiger partial charge in [0.1, 0.15) is 0 Å². The van der Waals surface area contributed by atoms with Crippen LogP contribution in [0, 0.1) is 5.41 Å². The molecule has 2 bridgehead atoms. The number of urea groups is 1. The van der Waals surface area contributed by atoms with Gasteiger partial charge in [0.05, 0.1) is 11.3 Å². The van der Waals surface area contributed by atoms with Gasteiger partial charge in [0.15, 0.2) is 0 Å². The predicted molar refractivity (Wildman–Crippen MR) is 84.4 cm³/mol. The van der Waals surface area contributed by atoms with Crippen molar-refractivity contribution in [3.8, 4) is 0 Å². The maximum absolute atomic E-state index is 12.6. The third-order valence-corrected chi connectivity index (χ3v) is 8.41. The summed E-state index contributed by atoms with van der Waals surface area (Å²) in [5, 5.41) is 3.22. The fraction of sp³-hybridized carbons (Fsp3) is 0.933. The van der Waals surface area contributed by atoms with E-state index in [1.54, 1.807) is 0 Å². The molecule has 7 nitrogen and oxygen atoms in total. The van der Waals surface area contributed by atoms with Gasteiger partial charge < -0.3 is 15.1 Å². The highest BCUT2D eigenvalue weighted by Crippen LogP contribution is 2.70. The highest BCUT2D eigenvalue weighted by atomic mass is 32.2. The molecule has 2 heterocycles. The first-order valence-corrected chi connectivity index (χ1v) is 10.3.